The first-order valence-corrected chi connectivity index (χ1v) is 11.4. The number of nitrogens with one attached hydrogen (secondary N) is 1. The molecule has 3 aromatic rings. The molecule has 1 unspecified atom stereocenters. The summed E-state index contributed by atoms with van der Waals surface area (Å²) in [4.78, 5) is 3.98. The maximum Gasteiger partial charge on any atom is 0.142 e. The van der Waals surface area contributed by atoms with E-state index >= 15 is 4.39 Å². The molecule has 1 aliphatic rings. The lowest BCUT2D eigenvalue weighted by molar-refractivity contribution is 0.349. The molecule has 0 spiro atoms. The number of halogens is 2. The zero-order valence-corrected chi connectivity index (χ0v) is 18.5. The molecule has 1 fully saturated rings. The van der Waals surface area contributed by atoms with Crippen molar-refractivity contribution in [3.8, 4) is 17.3 Å². The van der Waals surface area contributed by atoms with E-state index in [1.807, 2.05) is 16.8 Å². The molecule has 0 saturated heterocycles. The van der Waals surface area contributed by atoms with Gasteiger partial charge in [0, 0.05) is 41.0 Å². The largest absolute Gasteiger partial charge is 0.347 e. The average Bonchev–Trinajstić information content (AvgIpc) is 3.50. The third-order valence-corrected chi connectivity index (χ3v) is 6.66. The summed E-state index contributed by atoms with van der Waals surface area (Å²) in [5.74, 6) is -1.18. The fourth-order valence-corrected chi connectivity index (χ4v) is 4.73. The monoisotopic (exact) mass is 442 g/mol. The second-order valence-corrected chi connectivity index (χ2v) is 10.7. The molecule has 162 valence electrons. The van der Waals surface area contributed by atoms with Gasteiger partial charge in [0.15, 0.2) is 0 Å². The van der Waals surface area contributed by atoms with E-state index in [0.717, 1.165) is 36.2 Å². The van der Waals surface area contributed by atoms with Crippen molar-refractivity contribution in [3.63, 3.8) is 0 Å². The van der Waals surface area contributed by atoms with Crippen LogP contribution >= 0.6 is 0 Å². The number of nitrogens with zero attached hydrogens (tertiary/aromatic N) is 3. The molecule has 0 radical (unpaired) electrons. The van der Waals surface area contributed by atoms with Crippen LogP contribution in [0.25, 0.3) is 22.2 Å². The van der Waals surface area contributed by atoms with Crippen molar-refractivity contribution < 1.29 is 13.0 Å². The standard InChI is InChI=1S/C23H24F2N4OS/c1-23(2,3)13-29-12-15(10-28-31(30)17-4-5-17)18-7-20(25)19(8-21(18)29)22-14(9-26)6-16(24)11-27-22/h6-8,11-12,17,28H,4-5,10,13H2,1-3H3. The Labute approximate surface area is 182 Å². The maximum atomic E-state index is 15.2. The molecule has 1 saturated carbocycles. The Balaban J connectivity index is 1.82. The Hall–Kier alpha value is -2.63. The molecule has 2 heterocycles. The highest BCUT2D eigenvalue weighted by atomic mass is 32.2. The lowest BCUT2D eigenvalue weighted by Gasteiger charge is -2.20. The van der Waals surface area contributed by atoms with Gasteiger partial charge in [0.2, 0.25) is 0 Å². The number of hydrogen-bond donors (Lipinski definition) is 1. The summed E-state index contributed by atoms with van der Waals surface area (Å²) in [5.41, 5.74) is 1.85. The van der Waals surface area contributed by atoms with Gasteiger partial charge in [-0.3, -0.25) is 4.98 Å². The van der Waals surface area contributed by atoms with Crippen LogP contribution in [0, 0.1) is 28.4 Å². The van der Waals surface area contributed by atoms with E-state index in [1.54, 1.807) is 6.07 Å². The second-order valence-electron chi connectivity index (χ2n) is 9.17. The minimum absolute atomic E-state index is 0.0195. The fraction of sp³-hybridized carbons (Fsp3) is 0.391. The number of benzene rings is 1. The van der Waals surface area contributed by atoms with Crippen molar-refractivity contribution in [3.05, 3.63) is 53.4 Å². The lowest BCUT2D eigenvalue weighted by atomic mass is 9.97. The van der Waals surface area contributed by atoms with Crippen LogP contribution in [0.4, 0.5) is 8.78 Å². The molecule has 4 rings (SSSR count). The number of hydrogen-bond acceptors (Lipinski definition) is 3. The summed E-state index contributed by atoms with van der Waals surface area (Å²) < 4.78 is 46.0. The van der Waals surface area contributed by atoms with E-state index in [-0.39, 0.29) is 27.5 Å². The second kappa shape index (κ2) is 8.13. The van der Waals surface area contributed by atoms with E-state index in [9.17, 15) is 13.9 Å². The quantitative estimate of drug-likeness (QED) is 0.595. The van der Waals surface area contributed by atoms with Crippen LogP contribution < -0.4 is 4.72 Å². The zero-order chi connectivity index (χ0) is 22.3. The summed E-state index contributed by atoms with van der Waals surface area (Å²) in [6, 6.07) is 6.05. The van der Waals surface area contributed by atoms with Crippen molar-refractivity contribution >= 4 is 21.9 Å². The topological polar surface area (TPSA) is 70.7 Å². The summed E-state index contributed by atoms with van der Waals surface area (Å²) in [5, 5.41) is 10.3. The molecule has 1 aromatic carbocycles. The molecule has 1 atom stereocenters. The molecule has 0 aliphatic heterocycles. The highest BCUT2D eigenvalue weighted by Crippen LogP contribution is 2.33. The first kappa shape index (κ1) is 21.6. The molecule has 5 nitrogen and oxygen atoms in total. The Morgan fingerprint density at radius 3 is 2.68 bits per heavy atom. The summed E-state index contributed by atoms with van der Waals surface area (Å²) in [6.07, 6.45) is 4.88. The van der Waals surface area contributed by atoms with E-state index in [0.29, 0.717) is 18.5 Å². The van der Waals surface area contributed by atoms with Crippen molar-refractivity contribution in [2.24, 2.45) is 5.41 Å². The molecule has 1 N–H and O–H groups in total. The highest BCUT2D eigenvalue weighted by Gasteiger charge is 2.28. The van der Waals surface area contributed by atoms with Gasteiger partial charge in [-0.2, -0.15) is 5.26 Å². The molecular formula is C23H24F2N4OS. The number of nitriles is 1. The van der Waals surface area contributed by atoms with Crippen molar-refractivity contribution in [2.75, 3.05) is 0 Å². The van der Waals surface area contributed by atoms with Crippen LogP contribution in [0.3, 0.4) is 0 Å². The molecule has 8 heteroatoms. The Morgan fingerprint density at radius 1 is 1.29 bits per heavy atom. The van der Waals surface area contributed by atoms with Gasteiger partial charge < -0.3 is 4.57 Å². The first-order valence-electron chi connectivity index (χ1n) is 10.2. The van der Waals surface area contributed by atoms with Gasteiger partial charge in [-0.05, 0) is 42.0 Å². The normalized spacial score (nSPS) is 15.2. The molecule has 0 amide bonds. The average molecular weight is 443 g/mol. The predicted octanol–water partition coefficient (Wildman–Crippen LogP) is 4.81. The molecule has 1 aliphatic carbocycles. The van der Waals surface area contributed by atoms with Crippen molar-refractivity contribution in [1.82, 2.24) is 14.3 Å². The third-order valence-electron chi connectivity index (χ3n) is 5.16. The number of rotatable bonds is 6. The molecular weight excluding hydrogens is 418 g/mol. The fourth-order valence-electron chi connectivity index (χ4n) is 3.64. The van der Waals surface area contributed by atoms with E-state index in [1.165, 1.54) is 6.07 Å². The highest BCUT2D eigenvalue weighted by molar-refractivity contribution is 7.83. The number of fused-ring (bicyclic) bond motifs is 1. The third kappa shape index (κ3) is 4.68. The predicted molar refractivity (Wildman–Crippen MR) is 117 cm³/mol. The van der Waals surface area contributed by atoms with Crippen molar-refractivity contribution in [1.29, 1.82) is 5.26 Å². The van der Waals surface area contributed by atoms with Crippen LogP contribution in [0.2, 0.25) is 0 Å². The van der Waals surface area contributed by atoms with Crippen LogP contribution in [0.1, 0.15) is 44.7 Å². The molecule has 0 bridgehead atoms. The van der Waals surface area contributed by atoms with Gasteiger partial charge >= 0.3 is 0 Å². The van der Waals surface area contributed by atoms with Gasteiger partial charge in [-0.1, -0.05) is 20.8 Å². The van der Waals surface area contributed by atoms with Gasteiger partial charge in [0.25, 0.3) is 0 Å². The van der Waals surface area contributed by atoms with E-state index < -0.39 is 22.6 Å². The Kier molecular flexibility index (Phi) is 5.67. The van der Waals surface area contributed by atoms with Crippen LogP contribution in [-0.2, 0) is 24.1 Å². The SMILES string of the molecule is CC(C)(C)Cn1cc(CNS(=O)C2CC2)c2cc(F)c(-c3ncc(F)cc3C#N)cc21. The van der Waals surface area contributed by atoms with Gasteiger partial charge in [-0.15, -0.1) is 0 Å². The Morgan fingerprint density at radius 2 is 2.03 bits per heavy atom. The minimum Gasteiger partial charge on any atom is -0.347 e. The van der Waals surface area contributed by atoms with E-state index in [4.69, 9.17) is 0 Å². The maximum absolute atomic E-state index is 15.2. The number of pyridine rings is 1. The summed E-state index contributed by atoms with van der Waals surface area (Å²) in [7, 11) is -1.09. The first-order chi connectivity index (χ1) is 14.7. The molecule has 2 aromatic heterocycles. The zero-order valence-electron chi connectivity index (χ0n) is 17.7. The van der Waals surface area contributed by atoms with Gasteiger partial charge in [0.1, 0.15) is 17.7 Å². The lowest BCUT2D eigenvalue weighted by Crippen LogP contribution is -2.19. The summed E-state index contributed by atoms with van der Waals surface area (Å²) >= 11 is 0. The minimum atomic E-state index is -1.09. The molecule has 31 heavy (non-hydrogen) atoms. The van der Waals surface area contributed by atoms with Crippen molar-refractivity contribution in [2.45, 2.75) is 52.0 Å². The van der Waals surface area contributed by atoms with Crippen LogP contribution in [-0.4, -0.2) is 19.0 Å². The van der Waals surface area contributed by atoms with Gasteiger partial charge in [0.05, 0.1) is 28.4 Å². The van der Waals surface area contributed by atoms with Crippen LogP contribution in [0.15, 0.2) is 30.6 Å². The Bertz CT molecular complexity index is 1220. The smallest absolute Gasteiger partial charge is 0.142 e. The van der Waals surface area contributed by atoms with Crippen LogP contribution in [0.5, 0.6) is 0 Å². The number of aromatic nitrogens is 2. The van der Waals surface area contributed by atoms with E-state index in [2.05, 4.69) is 30.5 Å². The summed E-state index contributed by atoms with van der Waals surface area (Å²) in [6.45, 7) is 7.38. The van der Waals surface area contributed by atoms with Gasteiger partial charge in [-0.25, -0.2) is 17.7 Å².